The van der Waals surface area contributed by atoms with Gasteiger partial charge in [-0.2, -0.15) is 0 Å². The summed E-state index contributed by atoms with van der Waals surface area (Å²) in [5, 5.41) is 2.72. The van der Waals surface area contributed by atoms with Crippen LogP contribution in [0.2, 0.25) is 0 Å². The van der Waals surface area contributed by atoms with Crippen LogP contribution < -0.4 is 15.8 Å². The van der Waals surface area contributed by atoms with Crippen LogP contribution in [0.5, 0.6) is 5.75 Å². The first-order valence-corrected chi connectivity index (χ1v) is 6.73. The minimum absolute atomic E-state index is 0.0111. The van der Waals surface area contributed by atoms with Gasteiger partial charge < -0.3 is 15.8 Å². The molecule has 0 aliphatic carbocycles. The lowest BCUT2D eigenvalue weighted by molar-refractivity contribution is -0.118. The molecule has 2 aromatic rings. The third kappa shape index (κ3) is 2.55. The maximum atomic E-state index is 13.2. The molecule has 6 heteroatoms. The zero-order valence-corrected chi connectivity index (χ0v) is 11.2. The molecule has 1 amide bonds. The van der Waals surface area contributed by atoms with Crippen LogP contribution in [-0.4, -0.2) is 12.5 Å². The molecule has 0 saturated heterocycles. The van der Waals surface area contributed by atoms with Gasteiger partial charge in [-0.15, -0.1) is 0 Å². The molecular weight excluding hydrogens is 279 g/mol. The van der Waals surface area contributed by atoms with E-state index in [1.54, 1.807) is 24.3 Å². The molecule has 1 aliphatic rings. The first kappa shape index (κ1) is 12.8. The number of rotatable bonds is 2. The molecule has 102 valence electrons. The van der Waals surface area contributed by atoms with Gasteiger partial charge >= 0.3 is 0 Å². The Morgan fingerprint density at radius 2 is 2.15 bits per heavy atom. The van der Waals surface area contributed by atoms with Gasteiger partial charge in [-0.25, -0.2) is 4.39 Å². The van der Waals surface area contributed by atoms with Crippen molar-refractivity contribution in [2.45, 2.75) is 9.79 Å². The molecule has 0 aromatic heterocycles. The van der Waals surface area contributed by atoms with Crippen LogP contribution >= 0.6 is 11.8 Å². The Bertz CT molecular complexity index is 691. The smallest absolute Gasteiger partial charge is 0.262 e. The Morgan fingerprint density at radius 1 is 1.30 bits per heavy atom. The van der Waals surface area contributed by atoms with Crippen molar-refractivity contribution in [1.82, 2.24) is 0 Å². The highest BCUT2D eigenvalue weighted by Crippen LogP contribution is 2.39. The molecule has 2 aromatic carbocycles. The van der Waals surface area contributed by atoms with Crippen LogP contribution in [0.3, 0.4) is 0 Å². The van der Waals surface area contributed by atoms with Gasteiger partial charge in [-0.3, -0.25) is 4.79 Å². The second-order valence-electron chi connectivity index (χ2n) is 4.28. The molecule has 1 heterocycles. The van der Waals surface area contributed by atoms with E-state index in [1.807, 2.05) is 0 Å². The summed E-state index contributed by atoms with van der Waals surface area (Å²) in [4.78, 5) is 12.8. The lowest BCUT2D eigenvalue weighted by Gasteiger charge is -2.19. The van der Waals surface area contributed by atoms with E-state index >= 15 is 0 Å². The molecule has 0 bridgehead atoms. The van der Waals surface area contributed by atoms with Crippen molar-refractivity contribution in [3.05, 3.63) is 42.2 Å². The summed E-state index contributed by atoms with van der Waals surface area (Å²) >= 11 is 1.33. The van der Waals surface area contributed by atoms with Gasteiger partial charge in [0.25, 0.3) is 5.91 Å². The van der Waals surface area contributed by atoms with E-state index in [4.69, 9.17) is 10.5 Å². The number of nitrogens with two attached hydrogens (primary N) is 1. The predicted molar refractivity (Wildman–Crippen MR) is 75.5 cm³/mol. The zero-order chi connectivity index (χ0) is 14.1. The summed E-state index contributed by atoms with van der Waals surface area (Å²) in [7, 11) is 0. The Kier molecular flexibility index (Phi) is 3.23. The van der Waals surface area contributed by atoms with Crippen LogP contribution in [0.1, 0.15) is 0 Å². The molecule has 4 nitrogen and oxygen atoms in total. The highest BCUT2D eigenvalue weighted by Gasteiger charge is 2.18. The van der Waals surface area contributed by atoms with Crippen molar-refractivity contribution < 1.29 is 13.9 Å². The van der Waals surface area contributed by atoms with Crippen molar-refractivity contribution in [3.8, 4) is 5.75 Å². The number of carbonyl (C=O) groups excluding carboxylic acids is 1. The minimum atomic E-state index is -0.303. The fourth-order valence-electron chi connectivity index (χ4n) is 1.87. The molecular formula is C14H11FN2O2S. The number of amides is 1. The van der Waals surface area contributed by atoms with Gasteiger partial charge in [0.15, 0.2) is 6.61 Å². The number of hydrogen-bond donors (Lipinski definition) is 2. The Morgan fingerprint density at radius 3 is 2.95 bits per heavy atom. The predicted octanol–water partition coefficient (Wildman–Crippen LogP) is 2.89. The van der Waals surface area contributed by atoms with E-state index in [0.717, 1.165) is 9.79 Å². The van der Waals surface area contributed by atoms with E-state index in [1.165, 1.54) is 23.9 Å². The molecule has 0 radical (unpaired) electrons. The normalized spacial score (nSPS) is 13.3. The Labute approximate surface area is 119 Å². The molecule has 0 fully saturated rings. The fraction of sp³-hybridized carbons (Fsp3) is 0.0714. The highest BCUT2D eigenvalue weighted by atomic mass is 32.2. The number of halogens is 1. The van der Waals surface area contributed by atoms with Crippen molar-refractivity contribution in [2.24, 2.45) is 0 Å². The molecule has 0 atom stereocenters. The summed E-state index contributed by atoms with van der Waals surface area (Å²) in [6.07, 6.45) is 0. The van der Waals surface area contributed by atoms with Crippen molar-refractivity contribution in [2.75, 3.05) is 17.7 Å². The Hall–Kier alpha value is -2.21. The molecule has 3 rings (SSSR count). The van der Waals surface area contributed by atoms with Gasteiger partial charge in [-0.05, 0) is 24.3 Å². The average Bonchev–Trinajstić information content (AvgIpc) is 2.40. The maximum absolute atomic E-state index is 13.2. The van der Waals surface area contributed by atoms with Crippen LogP contribution in [0.4, 0.5) is 15.8 Å². The molecule has 1 aliphatic heterocycles. The molecule has 0 saturated carbocycles. The van der Waals surface area contributed by atoms with Gasteiger partial charge in [0.2, 0.25) is 0 Å². The number of carbonyl (C=O) groups is 1. The summed E-state index contributed by atoms with van der Waals surface area (Å²) in [6, 6.07) is 9.64. The van der Waals surface area contributed by atoms with Gasteiger partial charge in [-0.1, -0.05) is 17.8 Å². The highest BCUT2D eigenvalue weighted by molar-refractivity contribution is 7.99. The number of fused-ring (bicyclic) bond motifs is 1. The number of nitrogen functional groups attached to an aromatic ring is 1. The second kappa shape index (κ2) is 5.05. The average molecular weight is 290 g/mol. The van der Waals surface area contributed by atoms with Crippen LogP contribution in [-0.2, 0) is 4.79 Å². The molecule has 20 heavy (non-hydrogen) atoms. The molecule has 0 spiro atoms. The number of ether oxygens (including phenoxy) is 1. The molecule has 3 N–H and O–H groups in total. The van der Waals surface area contributed by atoms with Crippen LogP contribution in [0.25, 0.3) is 0 Å². The standard InChI is InChI=1S/C14H11FN2O2S/c15-8-2-1-3-9(4-8)20-13-6-11-12(5-10(13)16)19-7-14(18)17-11/h1-6H,7,16H2,(H,17,18). The van der Waals surface area contributed by atoms with E-state index in [-0.39, 0.29) is 18.3 Å². The zero-order valence-electron chi connectivity index (χ0n) is 10.4. The first-order valence-electron chi connectivity index (χ1n) is 5.91. The SMILES string of the molecule is Nc1cc2c(cc1Sc1cccc(F)c1)NC(=O)CO2. The Balaban J connectivity index is 1.94. The number of nitrogens with one attached hydrogen (secondary N) is 1. The second-order valence-corrected chi connectivity index (χ2v) is 5.40. The van der Waals surface area contributed by atoms with Gasteiger partial charge in [0, 0.05) is 21.5 Å². The van der Waals surface area contributed by atoms with Crippen LogP contribution in [0, 0.1) is 5.82 Å². The largest absolute Gasteiger partial charge is 0.482 e. The van der Waals surface area contributed by atoms with Crippen LogP contribution in [0.15, 0.2) is 46.2 Å². The van der Waals surface area contributed by atoms with E-state index in [9.17, 15) is 9.18 Å². The first-order chi connectivity index (χ1) is 9.61. The van der Waals surface area contributed by atoms with E-state index in [2.05, 4.69) is 5.32 Å². The van der Waals surface area contributed by atoms with Crippen molar-refractivity contribution in [3.63, 3.8) is 0 Å². The lowest BCUT2D eigenvalue weighted by atomic mass is 10.2. The number of hydrogen-bond acceptors (Lipinski definition) is 4. The summed E-state index contributed by atoms with van der Waals surface area (Å²) in [5.41, 5.74) is 7.06. The topological polar surface area (TPSA) is 64.3 Å². The minimum Gasteiger partial charge on any atom is -0.482 e. The monoisotopic (exact) mass is 290 g/mol. The quantitative estimate of drug-likeness (QED) is 0.835. The number of benzene rings is 2. The van der Waals surface area contributed by atoms with Gasteiger partial charge in [0.1, 0.15) is 11.6 Å². The van der Waals surface area contributed by atoms with E-state index < -0.39 is 0 Å². The maximum Gasteiger partial charge on any atom is 0.262 e. The van der Waals surface area contributed by atoms with E-state index in [0.29, 0.717) is 17.1 Å². The molecule has 0 unspecified atom stereocenters. The number of anilines is 2. The fourth-order valence-corrected chi connectivity index (χ4v) is 2.79. The summed E-state index contributed by atoms with van der Waals surface area (Å²) < 4.78 is 18.5. The summed E-state index contributed by atoms with van der Waals surface area (Å²) in [5.74, 6) is 0.0397. The third-order valence-electron chi connectivity index (χ3n) is 2.77. The van der Waals surface area contributed by atoms with Crippen molar-refractivity contribution in [1.29, 1.82) is 0 Å². The lowest BCUT2D eigenvalue weighted by Crippen LogP contribution is -2.25. The van der Waals surface area contributed by atoms with Crippen molar-refractivity contribution >= 4 is 29.0 Å². The summed E-state index contributed by atoms with van der Waals surface area (Å²) in [6.45, 7) is -0.0111. The van der Waals surface area contributed by atoms with Gasteiger partial charge in [0.05, 0.1) is 5.69 Å². The third-order valence-corrected chi connectivity index (χ3v) is 3.83.